The molecule has 1 radical (unpaired) electrons. The maximum absolute atomic E-state index is 10.5. The third kappa shape index (κ3) is 5.33. The van der Waals surface area contributed by atoms with Gasteiger partial charge in [0.1, 0.15) is 0 Å². The van der Waals surface area contributed by atoms with Crippen molar-refractivity contribution >= 4 is 6.41 Å². The first-order valence-corrected chi connectivity index (χ1v) is 7.77. The summed E-state index contributed by atoms with van der Waals surface area (Å²) in [6.45, 7) is 4.89. The average Bonchev–Trinajstić information content (AvgIpc) is 2.52. The van der Waals surface area contributed by atoms with Crippen molar-refractivity contribution in [2.45, 2.75) is 32.1 Å². The Bertz CT molecular complexity index is 372. The van der Waals surface area contributed by atoms with E-state index in [1.807, 2.05) is 6.41 Å². The fourth-order valence-corrected chi connectivity index (χ4v) is 2.73. The predicted octanol–water partition coefficient (Wildman–Crippen LogP) is 2.47. The number of rotatable bonds is 8. The Balaban J connectivity index is 1.47. The molecule has 0 saturated carbocycles. The third-order valence-corrected chi connectivity index (χ3v) is 4.03. The van der Waals surface area contributed by atoms with Gasteiger partial charge in [0.05, 0.1) is 0 Å². The molecule has 1 amide bonds. The zero-order chi connectivity index (χ0) is 14.0. The summed E-state index contributed by atoms with van der Waals surface area (Å²) in [5.74, 6) is 0. The van der Waals surface area contributed by atoms with Crippen molar-refractivity contribution in [3.8, 4) is 0 Å². The molecular formula is C17H25N2O. The highest BCUT2D eigenvalue weighted by Crippen LogP contribution is 2.09. The molecule has 0 N–H and O–H groups in total. The second-order valence-electron chi connectivity index (χ2n) is 5.57. The van der Waals surface area contributed by atoms with E-state index in [1.165, 1.54) is 44.2 Å². The maximum Gasteiger partial charge on any atom is 0.312 e. The summed E-state index contributed by atoms with van der Waals surface area (Å²) in [4.78, 5) is 14.7. The molecule has 0 atom stereocenters. The number of carbonyl (C=O) groups excluding carboxylic acids is 1. The molecule has 109 valence electrons. The van der Waals surface area contributed by atoms with E-state index in [0.717, 1.165) is 26.2 Å². The van der Waals surface area contributed by atoms with Crippen molar-refractivity contribution in [2.24, 2.45) is 0 Å². The second kappa shape index (κ2) is 8.75. The van der Waals surface area contributed by atoms with Crippen LogP contribution in [0.25, 0.3) is 0 Å². The molecule has 3 nitrogen and oxygen atoms in total. The van der Waals surface area contributed by atoms with Gasteiger partial charge in [-0.05, 0) is 31.4 Å². The van der Waals surface area contributed by atoms with Gasteiger partial charge in [0.2, 0.25) is 0 Å². The van der Waals surface area contributed by atoms with Gasteiger partial charge in [-0.3, -0.25) is 9.69 Å². The van der Waals surface area contributed by atoms with Gasteiger partial charge in [0.15, 0.2) is 0 Å². The molecule has 3 heteroatoms. The van der Waals surface area contributed by atoms with Gasteiger partial charge in [0.25, 0.3) is 0 Å². The molecule has 1 aliphatic rings. The first-order chi connectivity index (χ1) is 9.88. The van der Waals surface area contributed by atoms with E-state index in [0.29, 0.717) is 0 Å². The minimum Gasteiger partial charge on any atom is -0.332 e. The molecule has 0 aromatic heterocycles. The van der Waals surface area contributed by atoms with Gasteiger partial charge in [0, 0.05) is 26.2 Å². The van der Waals surface area contributed by atoms with E-state index in [2.05, 4.69) is 35.2 Å². The average molecular weight is 273 g/mol. The van der Waals surface area contributed by atoms with E-state index in [4.69, 9.17) is 0 Å². The first-order valence-electron chi connectivity index (χ1n) is 7.77. The fraction of sp³-hybridized carbons (Fsp3) is 0.588. The molecule has 0 aliphatic carbocycles. The molecule has 0 unspecified atom stereocenters. The van der Waals surface area contributed by atoms with Gasteiger partial charge < -0.3 is 4.90 Å². The van der Waals surface area contributed by atoms with Crippen LogP contribution in [0.4, 0.5) is 0 Å². The van der Waals surface area contributed by atoms with Crippen LogP contribution in [0.15, 0.2) is 30.3 Å². The van der Waals surface area contributed by atoms with E-state index >= 15 is 0 Å². The van der Waals surface area contributed by atoms with Crippen LogP contribution in [0.3, 0.4) is 0 Å². The van der Waals surface area contributed by atoms with Crippen LogP contribution in [0.5, 0.6) is 0 Å². The Hall–Kier alpha value is -1.35. The normalized spacial score (nSPS) is 16.3. The largest absolute Gasteiger partial charge is 0.332 e. The smallest absolute Gasteiger partial charge is 0.312 e. The first kappa shape index (κ1) is 15.0. The fourth-order valence-electron chi connectivity index (χ4n) is 2.73. The lowest BCUT2D eigenvalue weighted by Crippen LogP contribution is -2.45. The molecule has 1 heterocycles. The summed E-state index contributed by atoms with van der Waals surface area (Å²) in [7, 11) is 0. The van der Waals surface area contributed by atoms with E-state index in [9.17, 15) is 4.79 Å². The second-order valence-corrected chi connectivity index (χ2v) is 5.57. The van der Waals surface area contributed by atoms with Gasteiger partial charge in [-0.15, -0.1) is 0 Å². The lowest BCUT2D eigenvalue weighted by molar-refractivity contribution is 0.176. The number of hydrogen-bond donors (Lipinski definition) is 0. The van der Waals surface area contributed by atoms with Crippen LogP contribution in [0, 0.1) is 0 Å². The number of piperazine rings is 1. The lowest BCUT2D eigenvalue weighted by Gasteiger charge is -2.31. The van der Waals surface area contributed by atoms with Crippen molar-refractivity contribution in [1.82, 2.24) is 9.80 Å². The molecule has 1 saturated heterocycles. The summed E-state index contributed by atoms with van der Waals surface area (Å²) < 4.78 is 0. The third-order valence-electron chi connectivity index (χ3n) is 4.03. The molecule has 2 rings (SSSR count). The highest BCUT2D eigenvalue weighted by atomic mass is 16.1. The van der Waals surface area contributed by atoms with Crippen LogP contribution < -0.4 is 0 Å². The van der Waals surface area contributed by atoms with E-state index in [-0.39, 0.29) is 0 Å². The summed E-state index contributed by atoms with van der Waals surface area (Å²) in [6.07, 6.45) is 8.38. The molecule has 1 aromatic rings. The number of benzene rings is 1. The van der Waals surface area contributed by atoms with Gasteiger partial charge >= 0.3 is 6.41 Å². The SMILES string of the molecule is O=[C]N1CCN(CCCCCCc2ccccc2)CC1. The van der Waals surface area contributed by atoms with Crippen LogP contribution in [0.1, 0.15) is 31.2 Å². The number of hydrogen-bond acceptors (Lipinski definition) is 2. The van der Waals surface area contributed by atoms with Crippen molar-refractivity contribution in [3.05, 3.63) is 35.9 Å². The molecule has 0 bridgehead atoms. The quantitative estimate of drug-likeness (QED) is 0.679. The van der Waals surface area contributed by atoms with Crippen molar-refractivity contribution in [1.29, 1.82) is 0 Å². The molecular weight excluding hydrogens is 248 g/mol. The predicted molar refractivity (Wildman–Crippen MR) is 82.3 cm³/mol. The highest BCUT2D eigenvalue weighted by Gasteiger charge is 2.14. The monoisotopic (exact) mass is 273 g/mol. The summed E-state index contributed by atoms with van der Waals surface area (Å²) in [5, 5.41) is 0. The van der Waals surface area contributed by atoms with Crippen molar-refractivity contribution in [2.75, 3.05) is 32.7 Å². The Morgan fingerprint density at radius 3 is 2.30 bits per heavy atom. The molecule has 1 fully saturated rings. The molecule has 0 spiro atoms. The Morgan fingerprint density at radius 1 is 0.900 bits per heavy atom. The topological polar surface area (TPSA) is 23.6 Å². The van der Waals surface area contributed by atoms with Gasteiger partial charge in [-0.25, -0.2) is 0 Å². The van der Waals surface area contributed by atoms with Crippen LogP contribution in [-0.2, 0) is 11.2 Å². The minimum absolute atomic E-state index is 0.845. The summed E-state index contributed by atoms with van der Waals surface area (Å²) in [6, 6.07) is 10.7. The zero-order valence-electron chi connectivity index (χ0n) is 12.3. The number of aryl methyl sites for hydroxylation is 1. The van der Waals surface area contributed by atoms with Crippen LogP contribution in [-0.4, -0.2) is 48.9 Å². The summed E-state index contributed by atoms with van der Waals surface area (Å²) in [5.41, 5.74) is 1.45. The van der Waals surface area contributed by atoms with E-state index in [1.54, 1.807) is 4.90 Å². The Morgan fingerprint density at radius 2 is 1.60 bits per heavy atom. The highest BCUT2D eigenvalue weighted by molar-refractivity contribution is 5.48. The molecule has 20 heavy (non-hydrogen) atoms. The number of nitrogens with zero attached hydrogens (tertiary/aromatic N) is 2. The van der Waals surface area contributed by atoms with E-state index < -0.39 is 0 Å². The molecule has 1 aromatic carbocycles. The van der Waals surface area contributed by atoms with Crippen LogP contribution >= 0.6 is 0 Å². The summed E-state index contributed by atoms with van der Waals surface area (Å²) >= 11 is 0. The van der Waals surface area contributed by atoms with Gasteiger partial charge in [-0.2, -0.15) is 0 Å². The number of amides is 1. The van der Waals surface area contributed by atoms with Crippen molar-refractivity contribution < 1.29 is 4.79 Å². The number of unbranched alkanes of at least 4 members (excludes halogenated alkanes) is 3. The Labute approximate surface area is 122 Å². The zero-order valence-corrected chi connectivity index (χ0v) is 12.3. The molecule has 1 aliphatic heterocycles. The lowest BCUT2D eigenvalue weighted by atomic mass is 10.1. The maximum atomic E-state index is 10.5. The minimum atomic E-state index is 0.845. The van der Waals surface area contributed by atoms with Crippen molar-refractivity contribution in [3.63, 3.8) is 0 Å². The standard InChI is InChI=1S/C17H25N2O/c20-16-19-14-12-18(13-15-19)11-7-2-1-4-8-17-9-5-3-6-10-17/h3,5-6,9-10H,1-2,4,7-8,11-15H2. The van der Waals surface area contributed by atoms with Crippen LogP contribution in [0.2, 0.25) is 0 Å². The Kier molecular flexibility index (Phi) is 6.58. The van der Waals surface area contributed by atoms with Gasteiger partial charge in [-0.1, -0.05) is 43.2 Å².